The van der Waals surface area contributed by atoms with E-state index in [2.05, 4.69) is 10.6 Å². The standard InChI is InChI=1S/C16H21N3O5S/c1-9-6-12-13(24-10(2)16(21)18-12)7-14(9)25(22,23)19(3)8-15(20)17-11-4-5-11/h6-7,10-11H,4-5,8H2,1-3H3,(H,17,20)(H,18,21)/t10-/m1/s1. The van der Waals surface area contributed by atoms with Crippen molar-refractivity contribution in [3.63, 3.8) is 0 Å². The number of anilines is 1. The highest BCUT2D eigenvalue weighted by molar-refractivity contribution is 7.89. The summed E-state index contributed by atoms with van der Waals surface area (Å²) in [6, 6.07) is 3.13. The highest BCUT2D eigenvalue weighted by Gasteiger charge is 2.31. The van der Waals surface area contributed by atoms with Crippen molar-refractivity contribution >= 4 is 27.5 Å². The van der Waals surface area contributed by atoms with Crippen molar-refractivity contribution in [2.45, 2.75) is 43.7 Å². The average molecular weight is 367 g/mol. The Morgan fingerprint density at radius 3 is 2.72 bits per heavy atom. The van der Waals surface area contributed by atoms with E-state index in [-0.39, 0.29) is 29.3 Å². The molecule has 0 radical (unpaired) electrons. The maximum atomic E-state index is 12.8. The van der Waals surface area contributed by atoms with E-state index in [4.69, 9.17) is 4.74 Å². The van der Waals surface area contributed by atoms with Gasteiger partial charge in [-0.2, -0.15) is 4.31 Å². The van der Waals surface area contributed by atoms with Crippen molar-refractivity contribution < 1.29 is 22.7 Å². The van der Waals surface area contributed by atoms with Gasteiger partial charge in [-0.1, -0.05) is 0 Å². The lowest BCUT2D eigenvalue weighted by Gasteiger charge is -2.25. The van der Waals surface area contributed by atoms with Crippen molar-refractivity contribution in [2.75, 3.05) is 18.9 Å². The molecule has 1 aliphatic heterocycles. The zero-order valence-electron chi connectivity index (χ0n) is 14.3. The molecule has 1 aromatic carbocycles. The van der Waals surface area contributed by atoms with E-state index in [1.54, 1.807) is 19.9 Å². The summed E-state index contributed by atoms with van der Waals surface area (Å²) in [5, 5.41) is 5.45. The summed E-state index contributed by atoms with van der Waals surface area (Å²) in [6.45, 7) is 2.97. The fourth-order valence-corrected chi connectivity index (χ4v) is 3.92. The number of nitrogens with zero attached hydrogens (tertiary/aromatic N) is 1. The molecule has 2 amide bonds. The van der Waals surface area contributed by atoms with Crippen LogP contribution in [0.5, 0.6) is 5.75 Å². The third-order valence-electron chi connectivity index (χ3n) is 4.20. The third-order valence-corrected chi connectivity index (χ3v) is 6.15. The number of sulfonamides is 1. The van der Waals surface area contributed by atoms with Gasteiger partial charge in [-0.15, -0.1) is 0 Å². The van der Waals surface area contributed by atoms with Crippen molar-refractivity contribution in [1.29, 1.82) is 0 Å². The molecular formula is C16H21N3O5S. The van der Waals surface area contributed by atoms with Gasteiger partial charge in [-0.25, -0.2) is 8.42 Å². The fraction of sp³-hybridized carbons (Fsp3) is 0.500. The molecule has 8 nitrogen and oxygen atoms in total. The molecule has 1 aromatic rings. The highest BCUT2D eigenvalue weighted by atomic mass is 32.2. The smallest absolute Gasteiger partial charge is 0.265 e. The van der Waals surface area contributed by atoms with Gasteiger partial charge in [0.15, 0.2) is 6.10 Å². The minimum atomic E-state index is -3.86. The number of likely N-dealkylation sites (N-methyl/N-ethyl adjacent to an activating group) is 1. The SMILES string of the molecule is Cc1cc2c(cc1S(=O)(=O)N(C)CC(=O)NC1CC1)O[C@H](C)C(=O)N2. The molecule has 136 valence electrons. The number of nitrogens with one attached hydrogen (secondary N) is 2. The summed E-state index contributed by atoms with van der Waals surface area (Å²) < 4.78 is 32.1. The first-order chi connectivity index (χ1) is 11.7. The molecule has 1 saturated carbocycles. The molecule has 9 heteroatoms. The van der Waals surface area contributed by atoms with Gasteiger partial charge < -0.3 is 15.4 Å². The van der Waals surface area contributed by atoms with Crippen LogP contribution in [0.2, 0.25) is 0 Å². The maximum absolute atomic E-state index is 12.8. The van der Waals surface area contributed by atoms with Gasteiger partial charge >= 0.3 is 0 Å². The van der Waals surface area contributed by atoms with Gasteiger partial charge in [0, 0.05) is 19.2 Å². The molecule has 3 rings (SSSR count). The molecule has 1 heterocycles. The van der Waals surface area contributed by atoms with Crippen LogP contribution in [0.4, 0.5) is 5.69 Å². The molecule has 0 aromatic heterocycles. The van der Waals surface area contributed by atoms with Crippen LogP contribution in [0.3, 0.4) is 0 Å². The maximum Gasteiger partial charge on any atom is 0.265 e. The van der Waals surface area contributed by atoms with Crippen LogP contribution in [-0.2, 0) is 19.6 Å². The molecule has 2 aliphatic rings. The Morgan fingerprint density at radius 2 is 2.08 bits per heavy atom. The highest BCUT2D eigenvalue weighted by Crippen LogP contribution is 2.35. The zero-order chi connectivity index (χ0) is 18.4. The van der Waals surface area contributed by atoms with E-state index in [0.29, 0.717) is 17.0 Å². The largest absolute Gasteiger partial charge is 0.479 e. The second kappa shape index (κ2) is 6.30. The van der Waals surface area contributed by atoms with Crippen molar-refractivity contribution in [3.05, 3.63) is 17.7 Å². The number of amides is 2. The van der Waals surface area contributed by atoms with Crippen LogP contribution in [0.15, 0.2) is 17.0 Å². The summed E-state index contributed by atoms with van der Waals surface area (Å²) in [6.07, 6.45) is 1.17. The van der Waals surface area contributed by atoms with Crippen LogP contribution in [-0.4, -0.2) is 50.3 Å². The normalized spacial score (nSPS) is 19.8. The number of aryl methyl sites for hydroxylation is 1. The summed E-state index contributed by atoms with van der Waals surface area (Å²) in [5.74, 6) is -0.301. The van der Waals surface area contributed by atoms with Crippen LogP contribution in [0.1, 0.15) is 25.3 Å². The first-order valence-corrected chi connectivity index (χ1v) is 9.50. The van der Waals surface area contributed by atoms with E-state index < -0.39 is 16.1 Å². The Balaban J connectivity index is 1.85. The predicted octanol–water partition coefficient (Wildman–Crippen LogP) is 0.614. The minimum Gasteiger partial charge on any atom is -0.479 e. The molecule has 1 atom stereocenters. The number of ether oxygens (including phenoxy) is 1. The Morgan fingerprint density at radius 1 is 1.40 bits per heavy atom. The van der Waals surface area contributed by atoms with Gasteiger partial charge in [0.1, 0.15) is 5.75 Å². The number of benzene rings is 1. The van der Waals surface area contributed by atoms with Crippen molar-refractivity contribution in [2.24, 2.45) is 0 Å². The Hall–Kier alpha value is -2.13. The second-order valence-electron chi connectivity index (χ2n) is 6.47. The number of hydrogen-bond donors (Lipinski definition) is 2. The second-order valence-corrected chi connectivity index (χ2v) is 8.48. The average Bonchev–Trinajstić information content (AvgIpc) is 3.32. The molecule has 2 N–H and O–H groups in total. The summed E-state index contributed by atoms with van der Waals surface area (Å²) in [5.41, 5.74) is 0.903. The predicted molar refractivity (Wildman–Crippen MR) is 90.9 cm³/mol. The van der Waals surface area contributed by atoms with E-state index >= 15 is 0 Å². The minimum absolute atomic E-state index is 0.0521. The summed E-state index contributed by atoms with van der Waals surface area (Å²) in [7, 11) is -2.50. The number of carbonyl (C=O) groups excluding carboxylic acids is 2. The van der Waals surface area contributed by atoms with Crippen LogP contribution >= 0.6 is 0 Å². The first kappa shape index (κ1) is 17.7. The molecule has 0 saturated heterocycles. The van der Waals surface area contributed by atoms with Crippen LogP contribution in [0, 0.1) is 6.92 Å². The molecule has 0 bridgehead atoms. The molecule has 25 heavy (non-hydrogen) atoms. The van der Waals surface area contributed by atoms with Gasteiger partial charge in [0.05, 0.1) is 17.1 Å². The molecule has 1 aliphatic carbocycles. The van der Waals surface area contributed by atoms with E-state index in [1.807, 2.05) is 0 Å². The van der Waals surface area contributed by atoms with Gasteiger partial charge in [-0.3, -0.25) is 9.59 Å². The van der Waals surface area contributed by atoms with E-state index in [0.717, 1.165) is 17.1 Å². The van der Waals surface area contributed by atoms with Gasteiger partial charge in [0.2, 0.25) is 15.9 Å². The number of hydrogen-bond acceptors (Lipinski definition) is 5. The first-order valence-electron chi connectivity index (χ1n) is 8.06. The lowest BCUT2D eigenvalue weighted by Crippen LogP contribution is -2.39. The molecular weight excluding hydrogens is 346 g/mol. The Kier molecular flexibility index (Phi) is 4.46. The Bertz CT molecular complexity index is 832. The van der Waals surface area contributed by atoms with Crippen LogP contribution in [0.25, 0.3) is 0 Å². The number of fused-ring (bicyclic) bond motifs is 1. The van der Waals surface area contributed by atoms with Crippen molar-refractivity contribution in [1.82, 2.24) is 9.62 Å². The fourth-order valence-electron chi connectivity index (χ4n) is 2.58. The quantitative estimate of drug-likeness (QED) is 0.794. The Labute approximate surface area is 146 Å². The zero-order valence-corrected chi connectivity index (χ0v) is 15.1. The lowest BCUT2D eigenvalue weighted by atomic mass is 10.1. The molecule has 0 spiro atoms. The van der Waals surface area contributed by atoms with Crippen LogP contribution < -0.4 is 15.4 Å². The summed E-state index contributed by atoms with van der Waals surface area (Å²) in [4.78, 5) is 23.6. The topological polar surface area (TPSA) is 105 Å². The van der Waals surface area contributed by atoms with Gasteiger partial charge in [0.25, 0.3) is 5.91 Å². The number of rotatable bonds is 5. The lowest BCUT2D eigenvalue weighted by molar-refractivity contribution is -0.123. The van der Waals surface area contributed by atoms with Gasteiger partial charge in [-0.05, 0) is 38.3 Å². The van der Waals surface area contributed by atoms with E-state index in [9.17, 15) is 18.0 Å². The number of carbonyl (C=O) groups is 2. The van der Waals surface area contributed by atoms with Crippen molar-refractivity contribution in [3.8, 4) is 5.75 Å². The summed E-state index contributed by atoms with van der Waals surface area (Å²) >= 11 is 0. The molecule has 1 fully saturated rings. The third kappa shape index (κ3) is 3.62. The monoisotopic (exact) mass is 367 g/mol. The molecule has 0 unspecified atom stereocenters. The van der Waals surface area contributed by atoms with E-state index in [1.165, 1.54) is 13.1 Å².